The van der Waals surface area contributed by atoms with Gasteiger partial charge in [0.2, 0.25) is 0 Å². The molecule has 96 valence electrons. The molecule has 0 aliphatic rings. The van der Waals surface area contributed by atoms with E-state index < -0.39 is 9.84 Å². The minimum Gasteiger partial charge on any atom is -0.327 e. The zero-order chi connectivity index (χ0) is 13.3. The molecule has 3 nitrogen and oxygen atoms in total. The molecule has 1 rings (SSSR count). The third kappa shape index (κ3) is 3.82. The lowest BCUT2D eigenvalue weighted by Gasteiger charge is -2.19. The van der Waals surface area contributed by atoms with Crippen LogP contribution in [-0.2, 0) is 15.3 Å². The third-order valence-electron chi connectivity index (χ3n) is 2.56. The molecule has 0 aliphatic heterocycles. The average Bonchev–Trinajstić information content (AvgIpc) is 2.14. The predicted octanol–water partition coefficient (Wildman–Crippen LogP) is 2.11. The van der Waals surface area contributed by atoms with Gasteiger partial charge >= 0.3 is 0 Å². The van der Waals surface area contributed by atoms with Crippen LogP contribution in [0.25, 0.3) is 0 Å². The van der Waals surface area contributed by atoms with Crippen LogP contribution in [0.1, 0.15) is 33.3 Å². The van der Waals surface area contributed by atoms with Gasteiger partial charge in [-0.15, -0.1) is 0 Å². The number of hydrogen-bond acceptors (Lipinski definition) is 3. The van der Waals surface area contributed by atoms with E-state index in [2.05, 4.69) is 20.8 Å². The van der Waals surface area contributed by atoms with E-state index in [4.69, 9.17) is 5.73 Å². The fourth-order valence-corrected chi connectivity index (χ4v) is 3.04. The third-order valence-corrected chi connectivity index (χ3v) is 4.52. The van der Waals surface area contributed by atoms with Crippen LogP contribution in [0.4, 0.5) is 0 Å². The molecule has 0 fully saturated rings. The first kappa shape index (κ1) is 14.2. The largest absolute Gasteiger partial charge is 0.327 e. The highest BCUT2D eigenvalue weighted by atomic mass is 32.2. The molecule has 0 bridgehead atoms. The number of rotatable bonds is 3. The average molecular weight is 255 g/mol. The van der Waals surface area contributed by atoms with Gasteiger partial charge in [-0.3, -0.25) is 0 Å². The highest BCUT2D eigenvalue weighted by Gasteiger charge is 2.18. The molecule has 0 saturated heterocycles. The number of sulfone groups is 1. The van der Waals surface area contributed by atoms with Crippen molar-refractivity contribution in [2.75, 3.05) is 5.75 Å². The summed E-state index contributed by atoms with van der Waals surface area (Å²) in [6, 6.07) is 6.72. The van der Waals surface area contributed by atoms with E-state index in [-0.39, 0.29) is 17.2 Å². The van der Waals surface area contributed by atoms with E-state index in [0.29, 0.717) is 4.90 Å². The molecule has 0 radical (unpaired) electrons. The van der Waals surface area contributed by atoms with Gasteiger partial charge in [0.15, 0.2) is 9.84 Å². The lowest BCUT2D eigenvalue weighted by atomic mass is 9.87. The molecule has 0 spiro atoms. The smallest absolute Gasteiger partial charge is 0.179 e. The normalized spacial score (nSPS) is 14.6. The summed E-state index contributed by atoms with van der Waals surface area (Å²) in [6.45, 7) is 7.98. The van der Waals surface area contributed by atoms with Crippen molar-refractivity contribution in [3.63, 3.8) is 0 Å². The second-order valence-electron chi connectivity index (χ2n) is 5.53. The van der Waals surface area contributed by atoms with Crippen molar-refractivity contribution in [1.82, 2.24) is 0 Å². The quantitative estimate of drug-likeness (QED) is 0.900. The summed E-state index contributed by atoms with van der Waals surface area (Å²) in [5.41, 5.74) is 6.69. The van der Waals surface area contributed by atoms with Crippen LogP contribution in [0.3, 0.4) is 0 Å². The summed E-state index contributed by atoms with van der Waals surface area (Å²) < 4.78 is 23.8. The Kier molecular flexibility index (Phi) is 3.99. The van der Waals surface area contributed by atoms with E-state index in [1.807, 2.05) is 12.1 Å². The molecule has 1 unspecified atom stereocenters. The molecule has 1 atom stereocenters. The minimum atomic E-state index is -3.25. The highest BCUT2D eigenvalue weighted by molar-refractivity contribution is 7.91. The van der Waals surface area contributed by atoms with E-state index in [1.165, 1.54) is 0 Å². The topological polar surface area (TPSA) is 60.2 Å². The van der Waals surface area contributed by atoms with Gasteiger partial charge in [0.05, 0.1) is 10.6 Å². The zero-order valence-electron chi connectivity index (χ0n) is 10.9. The maximum absolute atomic E-state index is 11.9. The summed E-state index contributed by atoms with van der Waals surface area (Å²) in [5.74, 6) is -0.0120. The van der Waals surface area contributed by atoms with E-state index in [0.717, 1.165) is 5.56 Å². The Hall–Kier alpha value is -0.870. The lowest BCUT2D eigenvalue weighted by Crippen LogP contribution is -2.26. The summed E-state index contributed by atoms with van der Waals surface area (Å²) in [5, 5.41) is 0. The van der Waals surface area contributed by atoms with E-state index in [1.54, 1.807) is 19.1 Å². The first-order valence-electron chi connectivity index (χ1n) is 5.72. The van der Waals surface area contributed by atoms with Crippen LogP contribution >= 0.6 is 0 Å². The number of nitrogens with two attached hydrogens (primary N) is 1. The molecule has 2 N–H and O–H groups in total. The Bertz CT molecular complexity index is 467. The molecule has 0 heterocycles. The molecular weight excluding hydrogens is 234 g/mol. The Morgan fingerprint density at radius 1 is 1.18 bits per heavy atom. The van der Waals surface area contributed by atoms with Gasteiger partial charge in [-0.05, 0) is 30.0 Å². The maximum Gasteiger partial charge on any atom is 0.179 e. The second-order valence-corrected chi connectivity index (χ2v) is 7.57. The fraction of sp³-hybridized carbons (Fsp3) is 0.538. The van der Waals surface area contributed by atoms with Crippen LogP contribution in [-0.4, -0.2) is 20.2 Å². The first-order valence-corrected chi connectivity index (χ1v) is 7.37. The van der Waals surface area contributed by atoms with Gasteiger partial charge in [0, 0.05) is 6.04 Å². The van der Waals surface area contributed by atoms with Crippen molar-refractivity contribution in [2.45, 2.75) is 44.0 Å². The van der Waals surface area contributed by atoms with E-state index >= 15 is 0 Å². The van der Waals surface area contributed by atoms with E-state index in [9.17, 15) is 8.42 Å². The monoisotopic (exact) mass is 255 g/mol. The Balaban J connectivity index is 3.03. The van der Waals surface area contributed by atoms with Crippen LogP contribution in [0.5, 0.6) is 0 Å². The molecule has 17 heavy (non-hydrogen) atoms. The lowest BCUT2D eigenvalue weighted by molar-refractivity contribution is 0.584. The zero-order valence-corrected chi connectivity index (χ0v) is 11.7. The summed E-state index contributed by atoms with van der Waals surface area (Å²) >= 11 is 0. The molecule has 1 aromatic carbocycles. The van der Waals surface area contributed by atoms with Crippen molar-refractivity contribution < 1.29 is 8.42 Å². The number of hydrogen-bond donors (Lipinski definition) is 1. The molecule has 1 aromatic rings. The van der Waals surface area contributed by atoms with Gasteiger partial charge in [0.25, 0.3) is 0 Å². The summed E-state index contributed by atoms with van der Waals surface area (Å²) in [7, 11) is -3.25. The second kappa shape index (κ2) is 4.78. The SMILES string of the molecule is CC(N)CS(=O)(=O)c1ccc(C(C)(C)C)cc1. The van der Waals surface area contributed by atoms with Gasteiger partial charge < -0.3 is 5.73 Å². The Labute approximate surface area is 104 Å². The highest BCUT2D eigenvalue weighted by Crippen LogP contribution is 2.23. The van der Waals surface area contributed by atoms with Crippen molar-refractivity contribution in [2.24, 2.45) is 5.73 Å². The van der Waals surface area contributed by atoms with Crippen LogP contribution in [0.2, 0.25) is 0 Å². The van der Waals surface area contributed by atoms with Gasteiger partial charge in [-0.2, -0.15) is 0 Å². The van der Waals surface area contributed by atoms with Gasteiger partial charge in [-0.1, -0.05) is 32.9 Å². The van der Waals surface area contributed by atoms with Crippen LogP contribution in [0, 0.1) is 0 Å². The van der Waals surface area contributed by atoms with Gasteiger partial charge in [-0.25, -0.2) is 8.42 Å². The molecule has 0 saturated carbocycles. The molecular formula is C13H21NO2S. The van der Waals surface area contributed by atoms with Crippen molar-refractivity contribution in [3.05, 3.63) is 29.8 Å². The van der Waals surface area contributed by atoms with Crippen LogP contribution < -0.4 is 5.73 Å². The Morgan fingerprint density at radius 3 is 2.00 bits per heavy atom. The molecule has 0 aliphatic carbocycles. The first-order chi connectivity index (χ1) is 7.63. The Morgan fingerprint density at radius 2 is 1.65 bits per heavy atom. The van der Waals surface area contributed by atoms with Crippen LogP contribution in [0.15, 0.2) is 29.2 Å². The van der Waals surface area contributed by atoms with Crippen molar-refractivity contribution in [1.29, 1.82) is 0 Å². The molecule has 0 amide bonds. The minimum absolute atomic E-state index is 0.0120. The summed E-state index contributed by atoms with van der Waals surface area (Å²) in [4.78, 5) is 0.350. The molecule has 0 aromatic heterocycles. The number of benzene rings is 1. The fourth-order valence-electron chi connectivity index (χ4n) is 1.60. The summed E-state index contributed by atoms with van der Waals surface area (Å²) in [6.07, 6.45) is 0. The van der Waals surface area contributed by atoms with Gasteiger partial charge in [0.1, 0.15) is 0 Å². The maximum atomic E-state index is 11.9. The van der Waals surface area contributed by atoms with Crippen molar-refractivity contribution >= 4 is 9.84 Å². The van der Waals surface area contributed by atoms with Crippen molar-refractivity contribution in [3.8, 4) is 0 Å². The predicted molar refractivity (Wildman–Crippen MR) is 70.8 cm³/mol. The molecule has 4 heteroatoms. The standard InChI is InChI=1S/C13H21NO2S/c1-10(14)9-17(15,16)12-7-5-11(6-8-12)13(2,3)4/h5-8,10H,9,14H2,1-4H3.